The smallest absolute Gasteiger partial charge is 0.240 e. The number of nitrogens with two attached hydrogens (primary N) is 1. The number of hydrogen-bond acceptors (Lipinski definition) is 3. The summed E-state index contributed by atoms with van der Waals surface area (Å²) in [4.78, 5) is 12.7. The number of likely N-dealkylation sites (tertiary alicyclic amines) is 1. The number of nitrogens with zero attached hydrogens (tertiary/aromatic N) is 2. The molecule has 0 aromatic rings. The Morgan fingerprint density at radius 2 is 2.55 bits per heavy atom. The number of carbonyl (C=O) groups is 1. The first-order chi connectivity index (χ1) is 5.16. The molecule has 11 heavy (non-hydrogen) atoms. The zero-order valence-corrected chi connectivity index (χ0v) is 6.45. The van der Waals surface area contributed by atoms with E-state index in [1.807, 2.05) is 6.07 Å². The van der Waals surface area contributed by atoms with Crippen LogP contribution in [0.15, 0.2) is 0 Å². The van der Waals surface area contributed by atoms with Gasteiger partial charge in [-0.05, 0) is 13.3 Å². The Labute approximate surface area is 65.6 Å². The van der Waals surface area contributed by atoms with E-state index in [0.717, 1.165) is 0 Å². The van der Waals surface area contributed by atoms with E-state index >= 15 is 0 Å². The highest BCUT2D eigenvalue weighted by atomic mass is 16.2. The van der Waals surface area contributed by atoms with Crippen molar-refractivity contribution in [3.8, 4) is 6.07 Å². The molecule has 0 aromatic heterocycles. The van der Waals surface area contributed by atoms with Gasteiger partial charge in [0.2, 0.25) is 5.91 Å². The summed E-state index contributed by atoms with van der Waals surface area (Å²) in [6.07, 6.45) is 0.671. The third kappa shape index (κ3) is 1.33. The van der Waals surface area contributed by atoms with Gasteiger partial charge < -0.3 is 10.6 Å². The van der Waals surface area contributed by atoms with E-state index in [0.29, 0.717) is 13.0 Å². The van der Waals surface area contributed by atoms with Crippen molar-refractivity contribution < 1.29 is 4.79 Å². The van der Waals surface area contributed by atoms with Gasteiger partial charge >= 0.3 is 0 Å². The van der Waals surface area contributed by atoms with Crippen LogP contribution in [0.5, 0.6) is 0 Å². The average Bonchev–Trinajstić information content (AvgIpc) is 2.32. The first kappa shape index (κ1) is 8.02. The normalized spacial score (nSPS) is 26.8. The maximum absolute atomic E-state index is 11.2. The van der Waals surface area contributed by atoms with E-state index in [-0.39, 0.29) is 18.0 Å². The van der Waals surface area contributed by atoms with Crippen LogP contribution >= 0.6 is 0 Å². The molecule has 1 rings (SSSR count). The molecular weight excluding hydrogens is 142 g/mol. The molecule has 0 aliphatic carbocycles. The Morgan fingerprint density at radius 3 is 2.91 bits per heavy atom. The van der Waals surface area contributed by atoms with E-state index < -0.39 is 0 Å². The minimum atomic E-state index is -0.384. The molecule has 4 heteroatoms. The van der Waals surface area contributed by atoms with E-state index in [4.69, 9.17) is 11.0 Å². The molecule has 1 unspecified atom stereocenters. The Balaban J connectivity index is 2.64. The summed E-state index contributed by atoms with van der Waals surface area (Å²) < 4.78 is 0. The lowest BCUT2D eigenvalue weighted by Gasteiger charge is -2.17. The predicted molar refractivity (Wildman–Crippen MR) is 39.4 cm³/mol. The van der Waals surface area contributed by atoms with Crippen molar-refractivity contribution in [2.45, 2.75) is 25.4 Å². The largest absolute Gasteiger partial charge is 0.326 e. The molecule has 1 heterocycles. The van der Waals surface area contributed by atoms with Gasteiger partial charge in [-0.15, -0.1) is 0 Å². The average molecular weight is 153 g/mol. The summed E-state index contributed by atoms with van der Waals surface area (Å²) in [5.41, 5.74) is 5.46. The third-order valence-electron chi connectivity index (χ3n) is 1.94. The van der Waals surface area contributed by atoms with Crippen molar-refractivity contribution in [2.24, 2.45) is 5.73 Å². The third-order valence-corrected chi connectivity index (χ3v) is 1.94. The maximum Gasteiger partial charge on any atom is 0.240 e. The topological polar surface area (TPSA) is 70.1 Å². The van der Waals surface area contributed by atoms with Crippen LogP contribution in [0.2, 0.25) is 0 Å². The molecule has 2 N–H and O–H groups in total. The zero-order valence-electron chi connectivity index (χ0n) is 6.45. The van der Waals surface area contributed by atoms with Crippen LogP contribution in [0.4, 0.5) is 0 Å². The monoisotopic (exact) mass is 153 g/mol. The standard InChI is InChI=1S/C7H11N3O/c1-5(4-8)10-3-2-6(9)7(10)11/h5-6H,2-3,9H2,1H3/t5-,6?/m0/s1. The minimum Gasteiger partial charge on any atom is -0.326 e. The van der Waals surface area contributed by atoms with Crippen molar-refractivity contribution in [1.82, 2.24) is 4.90 Å². The van der Waals surface area contributed by atoms with E-state index in [1.54, 1.807) is 6.92 Å². The van der Waals surface area contributed by atoms with Gasteiger partial charge in [-0.3, -0.25) is 4.79 Å². The summed E-state index contributed by atoms with van der Waals surface area (Å²) in [5.74, 6) is -0.0981. The molecule has 0 bridgehead atoms. The molecule has 0 aromatic carbocycles. The van der Waals surface area contributed by atoms with Crippen LogP contribution in [0.1, 0.15) is 13.3 Å². The lowest BCUT2D eigenvalue weighted by molar-refractivity contribution is -0.129. The molecule has 0 saturated carbocycles. The van der Waals surface area contributed by atoms with Gasteiger partial charge in [0, 0.05) is 6.54 Å². The van der Waals surface area contributed by atoms with E-state index in [9.17, 15) is 4.79 Å². The Kier molecular flexibility index (Phi) is 2.11. The molecule has 1 saturated heterocycles. The Morgan fingerprint density at radius 1 is 1.91 bits per heavy atom. The molecule has 1 aliphatic rings. The summed E-state index contributed by atoms with van der Waals surface area (Å²) >= 11 is 0. The second-order valence-electron chi connectivity index (χ2n) is 2.73. The van der Waals surface area contributed by atoms with Gasteiger partial charge in [0.05, 0.1) is 12.1 Å². The number of amides is 1. The summed E-state index contributed by atoms with van der Waals surface area (Å²) in [5, 5.41) is 8.51. The van der Waals surface area contributed by atoms with Crippen molar-refractivity contribution in [1.29, 1.82) is 5.26 Å². The van der Waals surface area contributed by atoms with Crippen molar-refractivity contribution in [2.75, 3.05) is 6.54 Å². The summed E-state index contributed by atoms with van der Waals surface area (Å²) in [7, 11) is 0. The van der Waals surface area contributed by atoms with Gasteiger partial charge in [0.1, 0.15) is 6.04 Å². The molecule has 1 fully saturated rings. The van der Waals surface area contributed by atoms with Crippen LogP contribution in [0.3, 0.4) is 0 Å². The van der Waals surface area contributed by atoms with Crippen molar-refractivity contribution in [3.63, 3.8) is 0 Å². The number of carbonyl (C=O) groups excluding carboxylic acids is 1. The highest BCUT2D eigenvalue weighted by molar-refractivity contribution is 5.84. The zero-order chi connectivity index (χ0) is 8.43. The lowest BCUT2D eigenvalue weighted by Crippen LogP contribution is -2.38. The fourth-order valence-electron chi connectivity index (χ4n) is 1.18. The van der Waals surface area contributed by atoms with Gasteiger partial charge in [-0.25, -0.2) is 0 Å². The van der Waals surface area contributed by atoms with Gasteiger partial charge in [0.25, 0.3) is 0 Å². The molecule has 0 spiro atoms. The molecule has 0 radical (unpaired) electrons. The van der Waals surface area contributed by atoms with E-state index in [2.05, 4.69) is 0 Å². The second-order valence-corrected chi connectivity index (χ2v) is 2.73. The molecule has 60 valence electrons. The number of rotatable bonds is 1. The number of nitriles is 1. The van der Waals surface area contributed by atoms with Crippen LogP contribution in [-0.4, -0.2) is 29.4 Å². The first-order valence-corrected chi connectivity index (χ1v) is 3.62. The highest BCUT2D eigenvalue weighted by Gasteiger charge is 2.31. The molecule has 1 amide bonds. The first-order valence-electron chi connectivity index (χ1n) is 3.62. The maximum atomic E-state index is 11.2. The molecular formula is C7H11N3O. The highest BCUT2D eigenvalue weighted by Crippen LogP contribution is 2.11. The molecule has 2 atom stereocenters. The Hall–Kier alpha value is -1.08. The predicted octanol–water partition coefficient (Wildman–Crippen LogP) is -0.542. The fraction of sp³-hybridized carbons (Fsp3) is 0.714. The van der Waals surface area contributed by atoms with Crippen LogP contribution in [0, 0.1) is 11.3 Å². The summed E-state index contributed by atoms with van der Waals surface area (Å²) in [6, 6.07) is 1.29. The van der Waals surface area contributed by atoms with E-state index in [1.165, 1.54) is 4.90 Å². The molecule has 1 aliphatic heterocycles. The van der Waals surface area contributed by atoms with Gasteiger partial charge in [-0.2, -0.15) is 5.26 Å². The van der Waals surface area contributed by atoms with Crippen LogP contribution < -0.4 is 5.73 Å². The molecule has 4 nitrogen and oxygen atoms in total. The van der Waals surface area contributed by atoms with Gasteiger partial charge in [-0.1, -0.05) is 0 Å². The quantitative estimate of drug-likeness (QED) is 0.550. The van der Waals surface area contributed by atoms with Crippen molar-refractivity contribution in [3.05, 3.63) is 0 Å². The van der Waals surface area contributed by atoms with Crippen molar-refractivity contribution >= 4 is 5.91 Å². The second kappa shape index (κ2) is 2.89. The summed E-state index contributed by atoms with van der Waals surface area (Å²) in [6.45, 7) is 2.32. The van der Waals surface area contributed by atoms with Crippen LogP contribution in [0.25, 0.3) is 0 Å². The SMILES string of the molecule is C[C@@H](C#N)N1CCC(N)C1=O. The minimum absolute atomic E-state index is 0.0981. The fourth-order valence-corrected chi connectivity index (χ4v) is 1.18. The lowest BCUT2D eigenvalue weighted by atomic mass is 10.3. The van der Waals surface area contributed by atoms with Gasteiger partial charge in [0.15, 0.2) is 0 Å². The Bertz CT molecular complexity index is 208. The van der Waals surface area contributed by atoms with Crippen LogP contribution in [-0.2, 0) is 4.79 Å². The number of hydrogen-bond donors (Lipinski definition) is 1.